The zero-order valence-corrected chi connectivity index (χ0v) is 17.5. The highest BCUT2D eigenvalue weighted by Crippen LogP contribution is 2.39. The van der Waals surface area contributed by atoms with Crippen molar-refractivity contribution in [1.29, 1.82) is 0 Å². The van der Waals surface area contributed by atoms with Crippen LogP contribution in [0, 0.1) is 0 Å². The van der Waals surface area contributed by atoms with E-state index < -0.39 is 17.7 Å². The minimum atomic E-state index is -1.03. The van der Waals surface area contributed by atoms with Crippen LogP contribution in [0.15, 0.2) is 59.1 Å². The van der Waals surface area contributed by atoms with Crippen LogP contribution in [0.25, 0.3) is 0 Å². The van der Waals surface area contributed by atoms with Gasteiger partial charge in [0.25, 0.3) is 5.91 Å². The maximum absolute atomic E-state index is 13.3. The Morgan fingerprint density at radius 3 is 2.48 bits per heavy atom. The number of likely N-dealkylation sites (tertiary alicyclic amines) is 1. The van der Waals surface area contributed by atoms with Gasteiger partial charge in [-0.3, -0.25) is 14.6 Å². The zero-order valence-electron chi connectivity index (χ0n) is 16.0. The topological polar surface area (TPSA) is 70.1 Å². The summed E-state index contributed by atoms with van der Waals surface area (Å²) in [6, 6.07) is 16.3. The zero-order chi connectivity index (χ0) is 20.4. The third-order valence-corrected chi connectivity index (χ3v) is 6.22. The molecule has 2 aliphatic heterocycles. The number of benzene rings is 2. The second-order valence-electron chi connectivity index (χ2n) is 7.56. The fourth-order valence-electron chi connectivity index (χ4n) is 4.22. The van der Waals surface area contributed by atoms with Crippen LogP contribution in [0.3, 0.4) is 0 Å². The number of halogens is 1. The van der Waals surface area contributed by atoms with Crippen molar-refractivity contribution in [3.63, 3.8) is 0 Å². The molecule has 2 aliphatic rings. The first-order chi connectivity index (χ1) is 14.0. The molecule has 0 radical (unpaired) electrons. The van der Waals surface area contributed by atoms with Crippen molar-refractivity contribution in [3.05, 3.63) is 70.2 Å². The van der Waals surface area contributed by atoms with Crippen LogP contribution in [-0.2, 0) is 16.1 Å². The number of piperidine rings is 1. The largest absolute Gasteiger partial charge is 0.480 e. The Kier molecular flexibility index (Phi) is 5.72. The molecular formula is C22H23BrN2O4. The molecule has 1 spiro atoms. The summed E-state index contributed by atoms with van der Waals surface area (Å²) >= 11 is 3.39. The molecule has 7 heteroatoms. The van der Waals surface area contributed by atoms with Gasteiger partial charge in [-0.05, 0) is 23.8 Å². The van der Waals surface area contributed by atoms with Gasteiger partial charge in [-0.25, -0.2) is 4.79 Å². The monoisotopic (exact) mass is 458 g/mol. The van der Waals surface area contributed by atoms with Gasteiger partial charge < -0.3 is 9.84 Å². The Morgan fingerprint density at radius 2 is 1.83 bits per heavy atom. The van der Waals surface area contributed by atoms with Crippen molar-refractivity contribution in [3.8, 4) is 0 Å². The highest BCUT2D eigenvalue weighted by molar-refractivity contribution is 9.10. The number of carboxylic acid groups (broad SMARTS) is 1. The molecule has 1 N–H and O–H groups in total. The van der Waals surface area contributed by atoms with E-state index in [1.54, 1.807) is 18.2 Å². The molecule has 2 aromatic carbocycles. The summed E-state index contributed by atoms with van der Waals surface area (Å²) in [5, 5.41) is 9.70. The standard InChI is InChI=1S/C22H23BrN2O4/c23-18-8-4-7-17(13-18)20(26)25-19(21(27)28)15-29-22(25)9-11-24(12-10-22)14-16-5-2-1-3-6-16/h1-8,13,19H,9-12,14-15H2,(H,27,28). The van der Waals surface area contributed by atoms with Gasteiger partial charge in [0.15, 0.2) is 6.04 Å². The minimum Gasteiger partial charge on any atom is -0.480 e. The van der Waals surface area contributed by atoms with Gasteiger partial charge in [-0.2, -0.15) is 0 Å². The third kappa shape index (κ3) is 4.08. The number of hydrogen-bond acceptors (Lipinski definition) is 4. The second-order valence-corrected chi connectivity index (χ2v) is 8.47. The number of carboxylic acids is 1. The normalized spacial score (nSPS) is 21.4. The van der Waals surface area contributed by atoms with Crippen LogP contribution in [0.4, 0.5) is 0 Å². The molecular weight excluding hydrogens is 436 g/mol. The number of amides is 1. The smallest absolute Gasteiger partial charge is 0.328 e. The van der Waals surface area contributed by atoms with Crippen molar-refractivity contribution in [2.75, 3.05) is 19.7 Å². The van der Waals surface area contributed by atoms with E-state index in [0.717, 1.165) is 24.1 Å². The van der Waals surface area contributed by atoms with Crippen molar-refractivity contribution in [2.45, 2.75) is 31.2 Å². The molecule has 0 bridgehead atoms. The Hall–Kier alpha value is -2.22. The van der Waals surface area contributed by atoms with Crippen LogP contribution >= 0.6 is 15.9 Å². The van der Waals surface area contributed by atoms with Crippen LogP contribution in [-0.4, -0.2) is 58.2 Å². The average Bonchev–Trinajstić information content (AvgIpc) is 3.09. The molecule has 2 aromatic rings. The number of ether oxygens (including phenoxy) is 1. The maximum atomic E-state index is 13.3. The van der Waals surface area contributed by atoms with E-state index in [4.69, 9.17) is 4.74 Å². The molecule has 1 atom stereocenters. The Balaban J connectivity index is 1.54. The quantitative estimate of drug-likeness (QED) is 0.760. The highest BCUT2D eigenvalue weighted by atomic mass is 79.9. The summed E-state index contributed by atoms with van der Waals surface area (Å²) in [6.45, 7) is 2.33. The van der Waals surface area contributed by atoms with Crippen LogP contribution < -0.4 is 0 Å². The maximum Gasteiger partial charge on any atom is 0.328 e. The van der Waals surface area contributed by atoms with Gasteiger partial charge >= 0.3 is 5.97 Å². The van der Waals surface area contributed by atoms with Crippen molar-refractivity contribution >= 4 is 27.8 Å². The Morgan fingerprint density at radius 1 is 1.10 bits per heavy atom. The summed E-state index contributed by atoms with van der Waals surface area (Å²) in [5.74, 6) is -1.33. The molecule has 1 unspecified atom stereocenters. The number of hydrogen-bond donors (Lipinski definition) is 1. The number of carbonyl (C=O) groups is 2. The summed E-state index contributed by atoms with van der Waals surface area (Å²) in [5.41, 5.74) is 0.832. The Labute approximate surface area is 178 Å². The summed E-state index contributed by atoms with van der Waals surface area (Å²) < 4.78 is 6.80. The molecule has 0 saturated carbocycles. The van der Waals surface area contributed by atoms with E-state index in [1.165, 1.54) is 10.5 Å². The molecule has 152 valence electrons. The van der Waals surface area contributed by atoms with Crippen LogP contribution in [0.5, 0.6) is 0 Å². The first-order valence-corrected chi connectivity index (χ1v) is 10.5. The van der Waals surface area contributed by atoms with Crippen molar-refractivity contribution in [2.24, 2.45) is 0 Å². The van der Waals surface area contributed by atoms with Crippen LogP contribution in [0.1, 0.15) is 28.8 Å². The first kappa shape index (κ1) is 20.1. The van der Waals surface area contributed by atoms with E-state index in [-0.39, 0.29) is 12.5 Å². The fourth-order valence-corrected chi connectivity index (χ4v) is 4.62. The lowest BCUT2D eigenvalue weighted by molar-refractivity contribution is -0.144. The fraction of sp³-hybridized carbons (Fsp3) is 0.364. The van der Waals surface area contributed by atoms with Crippen LogP contribution in [0.2, 0.25) is 0 Å². The van der Waals surface area contributed by atoms with E-state index in [2.05, 4.69) is 33.0 Å². The summed E-state index contributed by atoms with van der Waals surface area (Å²) in [6.07, 6.45) is 1.17. The van der Waals surface area contributed by atoms with Gasteiger partial charge in [0, 0.05) is 42.5 Å². The molecule has 2 fully saturated rings. The second kappa shape index (κ2) is 8.26. The van der Waals surface area contributed by atoms with Gasteiger partial charge in [-0.15, -0.1) is 0 Å². The van der Waals surface area contributed by atoms with Crippen molar-refractivity contribution < 1.29 is 19.4 Å². The lowest BCUT2D eigenvalue weighted by Gasteiger charge is -2.44. The number of aliphatic carboxylic acids is 1. The highest BCUT2D eigenvalue weighted by Gasteiger charge is 2.54. The van der Waals surface area contributed by atoms with Crippen molar-refractivity contribution in [1.82, 2.24) is 9.80 Å². The average molecular weight is 459 g/mol. The molecule has 2 saturated heterocycles. The van der Waals surface area contributed by atoms with Gasteiger partial charge in [0.05, 0.1) is 6.61 Å². The van der Waals surface area contributed by atoms with Gasteiger partial charge in [0.2, 0.25) is 0 Å². The lowest BCUT2D eigenvalue weighted by Crippen LogP contribution is -2.58. The molecule has 6 nitrogen and oxygen atoms in total. The summed E-state index contributed by atoms with van der Waals surface area (Å²) in [4.78, 5) is 28.9. The first-order valence-electron chi connectivity index (χ1n) is 9.71. The minimum absolute atomic E-state index is 0.0216. The molecule has 29 heavy (non-hydrogen) atoms. The van der Waals surface area contributed by atoms with E-state index in [0.29, 0.717) is 18.4 Å². The number of rotatable bonds is 4. The third-order valence-electron chi connectivity index (χ3n) is 5.72. The lowest BCUT2D eigenvalue weighted by atomic mass is 9.96. The van der Waals surface area contributed by atoms with Gasteiger partial charge in [0.1, 0.15) is 5.72 Å². The SMILES string of the molecule is O=C(O)C1COC2(CCN(Cc3ccccc3)CC2)N1C(=O)c1cccc(Br)c1. The predicted molar refractivity (Wildman–Crippen MR) is 111 cm³/mol. The van der Waals surface area contributed by atoms with E-state index in [1.807, 2.05) is 24.3 Å². The molecule has 2 heterocycles. The molecule has 0 aromatic heterocycles. The van der Waals surface area contributed by atoms with Gasteiger partial charge in [-0.1, -0.05) is 52.3 Å². The van der Waals surface area contributed by atoms with E-state index in [9.17, 15) is 14.7 Å². The Bertz CT molecular complexity index is 897. The molecule has 0 aliphatic carbocycles. The number of nitrogens with zero attached hydrogens (tertiary/aromatic N) is 2. The molecule has 4 rings (SSSR count). The summed E-state index contributed by atoms with van der Waals surface area (Å²) in [7, 11) is 0. The number of carbonyl (C=O) groups excluding carboxylic acids is 1. The predicted octanol–water partition coefficient (Wildman–Crippen LogP) is 3.37. The molecule has 1 amide bonds. The van der Waals surface area contributed by atoms with E-state index >= 15 is 0 Å².